The minimum Gasteiger partial charge on any atom is -0.400 e. The zero-order chi connectivity index (χ0) is 25.1. The van der Waals surface area contributed by atoms with E-state index in [1.54, 1.807) is 0 Å². The van der Waals surface area contributed by atoms with E-state index in [1.807, 2.05) is 12.1 Å². The van der Waals surface area contributed by atoms with Gasteiger partial charge < -0.3 is 19.4 Å². The number of likely N-dealkylation sites (N-methyl/N-ethyl adjacent to an activating group) is 1. The molecule has 0 bridgehead atoms. The van der Waals surface area contributed by atoms with Crippen LogP contribution >= 0.6 is 12.6 Å². The highest BCUT2D eigenvalue weighted by atomic mass is 32.1. The molecule has 0 saturated heterocycles. The molecule has 0 radical (unpaired) electrons. The number of halogens is 1. The summed E-state index contributed by atoms with van der Waals surface area (Å²) in [6.07, 6.45) is 1.32. The molecule has 3 aromatic rings. The number of carbonyl (C=O) groups is 1. The van der Waals surface area contributed by atoms with Crippen molar-refractivity contribution in [2.24, 2.45) is 0 Å². The lowest BCUT2D eigenvalue weighted by molar-refractivity contribution is -0.107. The molecule has 1 aliphatic rings. The molecule has 2 heterocycles. The number of nitrogens with zero attached hydrogens (tertiary/aromatic N) is 2. The van der Waals surface area contributed by atoms with E-state index in [1.165, 1.54) is 29.0 Å². The van der Waals surface area contributed by atoms with E-state index < -0.39 is 0 Å². The topological polar surface area (TPSA) is 45.5 Å². The maximum absolute atomic E-state index is 13.5. The quantitative estimate of drug-likeness (QED) is 0.365. The van der Waals surface area contributed by atoms with Crippen molar-refractivity contribution in [3.63, 3.8) is 0 Å². The number of aromatic nitrogens is 1. The summed E-state index contributed by atoms with van der Waals surface area (Å²) in [6, 6.07) is 9.18. The van der Waals surface area contributed by atoms with E-state index in [2.05, 4.69) is 76.8 Å². The first kappa shape index (κ1) is 26.9. The number of hydrogen-bond acceptors (Lipinski definition) is 4. The zero-order valence-electron chi connectivity index (χ0n) is 21.0. The first-order chi connectivity index (χ1) is 15.4. The lowest BCUT2D eigenvalue weighted by Crippen LogP contribution is -2.37. The SMILES string of the molecule is CC(C)(C)S.CO.Cc1c(CC=O)c(-c2ccc(F)cc2)c2cc(C)n3c2c1N(C)C(C)C3. The largest absolute Gasteiger partial charge is 0.400 e. The smallest absolute Gasteiger partial charge is 0.124 e. The van der Waals surface area contributed by atoms with Gasteiger partial charge in [-0.05, 0) is 61.2 Å². The highest BCUT2D eigenvalue weighted by Gasteiger charge is 2.29. The summed E-state index contributed by atoms with van der Waals surface area (Å²) >= 11 is 4.12. The Morgan fingerprint density at radius 1 is 1.18 bits per heavy atom. The fourth-order valence-corrected chi connectivity index (χ4v) is 4.35. The van der Waals surface area contributed by atoms with Gasteiger partial charge in [-0.3, -0.25) is 0 Å². The Kier molecular flexibility index (Phi) is 8.77. The van der Waals surface area contributed by atoms with E-state index in [0.717, 1.165) is 47.6 Å². The molecule has 0 fully saturated rings. The number of anilines is 1. The summed E-state index contributed by atoms with van der Waals surface area (Å²) < 4.78 is 16.0. The average Bonchev–Trinajstić information content (AvgIpc) is 3.05. The Labute approximate surface area is 202 Å². The van der Waals surface area contributed by atoms with Crippen LogP contribution in [0.25, 0.3) is 22.0 Å². The second-order valence-electron chi connectivity index (χ2n) is 9.49. The Morgan fingerprint density at radius 3 is 2.24 bits per heavy atom. The van der Waals surface area contributed by atoms with Gasteiger partial charge in [-0.15, -0.1) is 0 Å². The summed E-state index contributed by atoms with van der Waals surface area (Å²) in [5, 5.41) is 8.14. The van der Waals surface area contributed by atoms with Gasteiger partial charge in [0.2, 0.25) is 0 Å². The van der Waals surface area contributed by atoms with E-state index in [4.69, 9.17) is 5.11 Å². The van der Waals surface area contributed by atoms with Crippen LogP contribution in [0.1, 0.15) is 44.5 Å². The van der Waals surface area contributed by atoms with Crippen molar-refractivity contribution in [1.82, 2.24) is 4.57 Å². The molecule has 1 aliphatic heterocycles. The van der Waals surface area contributed by atoms with Gasteiger partial charge >= 0.3 is 0 Å². The molecule has 0 amide bonds. The molecule has 2 aromatic carbocycles. The number of carbonyl (C=O) groups excluding carboxylic acids is 1. The van der Waals surface area contributed by atoms with E-state index >= 15 is 0 Å². The van der Waals surface area contributed by atoms with Gasteiger partial charge in [0.05, 0.1) is 11.2 Å². The molecule has 1 unspecified atom stereocenters. The number of rotatable bonds is 3. The van der Waals surface area contributed by atoms with Gasteiger partial charge in [0.25, 0.3) is 0 Å². The number of aliphatic hydroxyl groups excluding tert-OH is 1. The summed E-state index contributed by atoms with van der Waals surface area (Å²) in [6.45, 7) is 13.5. The Morgan fingerprint density at radius 2 is 1.73 bits per heavy atom. The summed E-state index contributed by atoms with van der Waals surface area (Å²) in [5.74, 6) is -0.251. The Bertz CT molecular complexity index is 1110. The molecular weight excluding hydrogens is 435 g/mol. The molecule has 1 N–H and O–H groups in total. The van der Waals surface area contributed by atoms with Gasteiger partial charge in [-0.25, -0.2) is 4.39 Å². The number of aryl methyl sites for hydroxylation is 1. The highest BCUT2D eigenvalue weighted by molar-refractivity contribution is 7.81. The van der Waals surface area contributed by atoms with Gasteiger partial charge in [-0.1, -0.05) is 32.9 Å². The van der Waals surface area contributed by atoms with Crippen molar-refractivity contribution < 1.29 is 14.3 Å². The molecule has 4 nitrogen and oxygen atoms in total. The van der Waals surface area contributed by atoms with Gasteiger partial charge in [0.1, 0.15) is 12.1 Å². The van der Waals surface area contributed by atoms with Crippen LogP contribution in [-0.4, -0.2) is 40.9 Å². The first-order valence-corrected chi connectivity index (χ1v) is 11.6. The van der Waals surface area contributed by atoms with E-state index in [9.17, 15) is 9.18 Å². The summed E-state index contributed by atoms with van der Waals surface area (Å²) in [5.41, 5.74) is 7.82. The standard InChI is InChI=1S/C22H23FN2O.C4H10S.CH4O/c1-13-11-19-20(16-5-7-17(23)8-6-16)18(9-10-26)15(3)21-22(19)25(13)12-14(2)24(21)4;1-4(2,3)5;1-2/h5-8,10-11,14H,9,12H2,1-4H3;5H,1-3H3;2H,1H3. The molecular formula is C27H37FN2O2S. The molecule has 0 spiro atoms. The van der Waals surface area contributed by atoms with Crippen molar-refractivity contribution in [3.8, 4) is 11.1 Å². The highest BCUT2D eigenvalue weighted by Crippen LogP contribution is 2.45. The number of thiol groups is 1. The number of aliphatic hydroxyl groups is 1. The molecule has 0 saturated carbocycles. The molecule has 1 atom stereocenters. The zero-order valence-corrected chi connectivity index (χ0v) is 21.9. The summed E-state index contributed by atoms with van der Waals surface area (Å²) in [4.78, 5) is 13.8. The normalized spacial score (nSPS) is 14.9. The number of aldehydes is 1. The minimum absolute atomic E-state index is 0.194. The molecule has 0 aliphatic carbocycles. The van der Waals surface area contributed by atoms with Crippen molar-refractivity contribution in [2.75, 3.05) is 19.1 Å². The Balaban J connectivity index is 0.000000489. The third-order valence-electron chi connectivity index (χ3n) is 5.79. The predicted molar refractivity (Wildman–Crippen MR) is 141 cm³/mol. The fraction of sp³-hybridized carbons (Fsp3) is 0.444. The van der Waals surface area contributed by atoms with Crippen LogP contribution in [0.4, 0.5) is 10.1 Å². The lowest BCUT2D eigenvalue weighted by atomic mass is 9.88. The van der Waals surface area contributed by atoms with Crippen molar-refractivity contribution in [1.29, 1.82) is 0 Å². The van der Waals surface area contributed by atoms with Crippen LogP contribution in [0.15, 0.2) is 30.3 Å². The Hall–Kier alpha value is -2.31. The van der Waals surface area contributed by atoms with E-state index in [0.29, 0.717) is 12.5 Å². The van der Waals surface area contributed by atoms with Crippen LogP contribution in [0.3, 0.4) is 0 Å². The fourth-order valence-electron chi connectivity index (χ4n) is 4.35. The second-order valence-corrected chi connectivity index (χ2v) is 10.8. The van der Waals surface area contributed by atoms with Gasteiger partial charge in [0, 0.05) is 49.0 Å². The van der Waals surface area contributed by atoms with Crippen molar-refractivity contribution >= 4 is 35.5 Å². The van der Waals surface area contributed by atoms with Crippen LogP contribution < -0.4 is 4.90 Å². The molecule has 33 heavy (non-hydrogen) atoms. The first-order valence-electron chi connectivity index (χ1n) is 11.2. The third-order valence-corrected chi connectivity index (χ3v) is 5.79. The minimum atomic E-state index is -0.251. The number of benzene rings is 2. The lowest BCUT2D eigenvalue weighted by Gasteiger charge is -2.36. The van der Waals surface area contributed by atoms with Crippen LogP contribution in [0, 0.1) is 19.7 Å². The molecule has 180 valence electrons. The van der Waals surface area contributed by atoms with Gasteiger partial charge in [-0.2, -0.15) is 12.6 Å². The molecule has 1 aromatic heterocycles. The monoisotopic (exact) mass is 472 g/mol. The summed E-state index contributed by atoms with van der Waals surface area (Å²) in [7, 11) is 3.13. The number of hydrogen-bond donors (Lipinski definition) is 2. The maximum Gasteiger partial charge on any atom is 0.124 e. The van der Waals surface area contributed by atoms with E-state index in [-0.39, 0.29) is 10.6 Å². The van der Waals surface area contributed by atoms with Crippen LogP contribution in [0.2, 0.25) is 0 Å². The maximum atomic E-state index is 13.5. The second kappa shape index (κ2) is 10.7. The van der Waals surface area contributed by atoms with Gasteiger partial charge in [0.15, 0.2) is 0 Å². The third kappa shape index (κ3) is 5.79. The van der Waals surface area contributed by atoms with Crippen molar-refractivity contribution in [2.45, 2.75) is 65.3 Å². The van der Waals surface area contributed by atoms with Crippen LogP contribution in [-0.2, 0) is 17.8 Å². The average molecular weight is 473 g/mol. The molecule has 4 rings (SSSR count). The predicted octanol–water partition coefficient (Wildman–Crippen LogP) is 5.97. The van der Waals surface area contributed by atoms with Crippen molar-refractivity contribution in [3.05, 3.63) is 53.0 Å². The van der Waals surface area contributed by atoms with Crippen LogP contribution in [0.5, 0.6) is 0 Å². The molecule has 6 heteroatoms.